The molecule has 0 aromatic heterocycles. The van der Waals surface area contributed by atoms with Crippen LogP contribution in [0.3, 0.4) is 0 Å². The molecule has 2 aromatic rings. The van der Waals surface area contributed by atoms with Crippen molar-refractivity contribution in [1.29, 1.82) is 5.26 Å². The van der Waals surface area contributed by atoms with E-state index >= 15 is 0 Å². The Morgan fingerprint density at radius 1 is 1.09 bits per heavy atom. The second kappa shape index (κ2) is 13.7. The molecule has 8 nitrogen and oxygen atoms in total. The Hall–Kier alpha value is -3.12. The molecule has 0 heterocycles. The number of likely N-dealkylation sites (N-methyl/N-ethyl adjacent to an activating group) is 1. The summed E-state index contributed by atoms with van der Waals surface area (Å²) in [4.78, 5) is 14.0. The lowest BCUT2D eigenvalue weighted by Gasteiger charge is -2.32. The van der Waals surface area contributed by atoms with Crippen LogP contribution < -0.4 is 9.47 Å². The van der Waals surface area contributed by atoms with Gasteiger partial charge in [-0.3, -0.25) is 0 Å². The van der Waals surface area contributed by atoms with Crippen molar-refractivity contribution in [3.05, 3.63) is 59.2 Å². The molecule has 0 aliphatic carbocycles. The number of ether oxygens (including phenoxy) is 4. The maximum atomic E-state index is 11.8. The fourth-order valence-corrected chi connectivity index (χ4v) is 3.98. The Morgan fingerprint density at radius 2 is 1.77 bits per heavy atom. The van der Waals surface area contributed by atoms with Crippen LogP contribution in [-0.2, 0) is 21.3 Å². The minimum Gasteiger partial charge on any atom is -0.493 e. The van der Waals surface area contributed by atoms with Crippen LogP contribution in [0.4, 0.5) is 0 Å². The first-order valence-electron chi connectivity index (χ1n) is 11.6. The van der Waals surface area contributed by atoms with E-state index in [0.717, 1.165) is 25.1 Å². The molecule has 190 valence electrons. The molecule has 0 spiro atoms. The van der Waals surface area contributed by atoms with Crippen LogP contribution in [0.5, 0.6) is 11.5 Å². The van der Waals surface area contributed by atoms with Gasteiger partial charge >= 0.3 is 5.97 Å². The van der Waals surface area contributed by atoms with E-state index in [1.807, 2.05) is 19.2 Å². The van der Waals surface area contributed by atoms with E-state index in [4.69, 9.17) is 18.9 Å². The number of rotatable bonds is 14. The lowest BCUT2D eigenvalue weighted by atomic mass is 9.77. The first kappa shape index (κ1) is 28.1. The number of aliphatic hydroxyl groups is 1. The maximum absolute atomic E-state index is 11.8. The predicted molar refractivity (Wildman–Crippen MR) is 133 cm³/mol. The highest BCUT2D eigenvalue weighted by molar-refractivity contribution is 5.89. The monoisotopic (exact) mass is 484 g/mol. The van der Waals surface area contributed by atoms with Crippen molar-refractivity contribution >= 4 is 5.97 Å². The zero-order chi connectivity index (χ0) is 25.8. The van der Waals surface area contributed by atoms with E-state index < -0.39 is 11.7 Å². The summed E-state index contributed by atoms with van der Waals surface area (Å²) in [6, 6.07) is 14.9. The Labute approximate surface area is 208 Å². The average Bonchev–Trinajstić information content (AvgIpc) is 2.89. The molecule has 0 amide bonds. The van der Waals surface area contributed by atoms with E-state index in [1.54, 1.807) is 44.4 Å². The molecule has 0 aliphatic heterocycles. The zero-order valence-electron chi connectivity index (χ0n) is 21.2. The van der Waals surface area contributed by atoms with Crippen molar-refractivity contribution in [3.8, 4) is 17.6 Å². The van der Waals surface area contributed by atoms with Crippen LogP contribution in [0.1, 0.15) is 41.3 Å². The number of benzene rings is 2. The second-order valence-corrected chi connectivity index (χ2v) is 8.32. The third-order valence-corrected chi connectivity index (χ3v) is 6.10. The molecular weight excluding hydrogens is 448 g/mol. The van der Waals surface area contributed by atoms with Gasteiger partial charge in [-0.05, 0) is 75.2 Å². The normalized spacial score (nSPS) is 13.5. The van der Waals surface area contributed by atoms with Crippen molar-refractivity contribution in [3.63, 3.8) is 0 Å². The highest BCUT2D eigenvalue weighted by atomic mass is 16.6. The van der Waals surface area contributed by atoms with Crippen molar-refractivity contribution in [2.75, 3.05) is 48.1 Å². The lowest BCUT2D eigenvalue weighted by Crippen LogP contribution is -2.40. The number of aliphatic hydroxyl groups excluding tert-OH is 1. The van der Waals surface area contributed by atoms with Crippen LogP contribution in [0, 0.1) is 11.3 Å². The molecule has 2 aromatic carbocycles. The highest BCUT2D eigenvalue weighted by Gasteiger charge is 2.41. The van der Waals surface area contributed by atoms with Crippen LogP contribution in [-0.4, -0.2) is 70.3 Å². The van der Waals surface area contributed by atoms with E-state index in [2.05, 4.69) is 11.0 Å². The molecule has 2 unspecified atom stereocenters. The largest absolute Gasteiger partial charge is 0.493 e. The Kier molecular flexibility index (Phi) is 11.0. The molecule has 0 aliphatic rings. The summed E-state index contributed by atoms with van der Waals surface area (Å²) >= 11 is 0. The van der Waals surface area contributed by atoms with E-state index in [1.165, 1.54) is 14.2 Å². The fourth-order valence-electron chi connectivity index (χ4n) is 3.98. The molecule has 0 bridgehead atoms. The zero-order valence-corrected chi connectivity index (χ0v) is 21.2. The Balaban J connectivity index is 2.01. The predicted octanol–water partition coefficient (Wildman–Crippen LogP) is 3.56. The number of esters is 1. The number of carbonyl (C=O) groups excluding carboxylic acids is 1. The third kappa shape index (κ3) is 7.18. The van der Waals surface area contributed by atoms with E-state index in [-0.39, 0.29) is 5.97 Å². The van der Waals surface area contributed by atoms with Gasteiger partial charge in [0.05, 0.1) is 32.5 Å². The van der Waals surface area contributed by atoms with Gasteiger partial charge in [0.2, 0.25) is 0 Å². The molecule has 1 N–H and O–H groups in total. The van der Waals surface area contributed by atoms with Crippen LogP contribution in [0.2, 0.25) is 0 Å². The summed E-state index contributed by atoms with van der Waals surface area (Å²) < 4.78 is 20.9. The van der Waals surface area contributed by atoms with Gasteiger partial charge in [-0.15, -0.1) is 0 Å². The highest BCUT2D eigenvalue weighted by Crippen LogP contribution is 2.38. The standard InChI is InChI=1S/C27H36N2O6/c1-6-35-25(30)21-10-8-20(9-11-21)14-17-29(2)16-7-15-27(19-28,26(31)34-5)22-12-13-23(32-3)24(18-22)33-4/h8-13,18,26,31H,6-7,14-17H2,1-5H3. The van der Waals surface area contributed by atoms with E-state index in [9.17, 15) is 15.2 Å². The molecule has 8 heteroatoms. The quantitative estimate of drug-likeness (QED) is 0.321. The fraction of sp³-hybridized carbons (Fsp3) is 0.481. The number of nitriles is 1. The van der Waals surface area contributed by atoms with Gasteiger partial charge in [0.25, 0.3) is 0 Å². The minimum absolute atomic E-state index is 0.315. The SMILES string of the molecule is CCOC(=O)c1ccc(CCN(C)CCCC(C#N)(c2ccc(OC)c(OC)c2)C(O)OC)cc1. The van der Waals surface area contributed by atoms with Crippen LogP contribution in [0.25, 0.3) is 0 Å². The molecule has 0 saturated heterocycles. The number of hydrogen-bond donors (Lipinski definition) is 1. The van der Waals surface area contributed by atoms with Gasteiger partial charge in [0.15, 0.2) is 17.8 Å². The third-order valence-electron chi connectivity index (χ3n) is 6.10. The number of hydrogen-bond acceptors (Lipinski definition) is 8. The Morgan fingerprint density at radius 3 is 2.34 bits per heavy atom. The van der Waals surface area contributed by atoms with E-state index in [0.29, 0.717) is 42.1 Å². The topological polar surface area (TPSA) is 101 Å². The summed E-state index contributed by atoms with van der Waals surface area (Å²) in [6.45, 7) is 3.67. The first-order chi connectivity index (χ1) is 16.8. The van der Waals surface area contributed by atoms with Gasteiger partial charge in [-0.1, -0.05) is 18.2 Å². The Bertz CT molecular complexity index is 988. The van der Waals surface area contributed by atoms with Crippen LogP contribution >= 0.6 is 0 Å². The van der Waals surface area contributed by atoms with Gasteiger partial charge in [-0.2, -0.15) is 5.26 Å². The summed E-state index contributed by atoms with van der Waals surface area (Å²) in [5, 5.41) is 20.8. The van der Waals surface area contributed by atoms with Gasteiger partial charge < -0.3 is 29.0 Å². The van der Waals surface area contributed by atoms with Crippen molar-refractivity contribution < 1.29 is 28.8 Å². The van der Waals surface area contributed by atoms with Crippen molar-refractivity contribution in [1.82, 2.24) is 4.90 Å². The van der Waals surface area contributed by atoms with Gasteiger partial charge in [0, 0.05) is 13.7 Å². The molecule has 2 atom stereocenters. The molecule has 35 heavy (non-hydrogen) atoms. The van der Waals surface area contributed by atoms with Crippen molar-refractivity contribution in [2.24, 2.45) is 0 Å². The minimum atomic E-state index is -1.30. The molecule has 0 saturated carbocycles. The summed E-state index contributed by atoms with van der Waals surface area (Å²) in [7, 11) is 6.48. The molecule has 2 rings (SSSR count). The smallest absolute Gasteiger partial charge is 0.338 e. The molecular formula is C27H36N2O6. The summed E-state index contributed by atoms with van der Waals surface area (Å²) in [5.41, 5.74) is 1.02. The first-order valence-corrected chi connectivity index (χ1v) is 11.6. The van der Waals surface area contributed by atoms with Gasteiger partial charge in [0.1, 0.15) is 5.41 Å². The number of nitrogens with zero attached hydrogens (tertiary/aromatic N) is 2. The maximum Gasteiger partial charge on any atom is 0.338 e. The van der Waals surface area contributed by atoms with Crippen molar-refractivity contribution in [2.45, 2.75) is 37.9 Å². The van der Waals surface area contributed by atoms with Crippen LogP contribution in [0.15, 0.2) is 42.5 Å². The summed E-state index contributed by atoms with van der Waals surface area (Å²) in [5.74, 6) is 0.717. The second-order valence-electron chi connectivity index (χ2n) is 8.32. The summed E-state index contributed by atoms with van der Waals surface area (Å²) in [6.07, 6.45) is 0.584. The molecule has 0 radical (unpaired) electrons. The lowest BCUT2D eigenvalue weighted by molar-refractivity contribution is -0.114. The number of carbonyl (C=O) groups is 1. The number of methoxy groups -OCH3 is 3. The molecule has 0 fully saturated rings. The van der Waals surface area contributed by atoms with Gasteiger partial charge in [-0.25, -0.2) is 4.79 Å². The average molecular weight is 485 g/mol.